The van der Waals surface area contributed by atoms with E-state index in [4.69, 9.17) is 5.73 Å². The molecule has 0 spiro atoms. The first kappa shape index (κ1) is 12.6. The summed E-state index contributed by atoms with van der Waals surface area (Å²) in [7, 11) is 0. The Labute approximate surface area is 110 Å². The van der Waals surface area contributed by atoms with Gasteiger partial charge >= 0.3 is 0 Å². The van der Waals surface area contributed by atoms with Gasteiger partial charge in [0.2, 0.25) is 11.9 Å². The Morgan fingerprint density at radius 1 is 1.17 bits per heavy atom. The minimum absolute atomic E-state index is 0.232. The van der Waals surface area contributed by atoms with E-state index in [1.807, 2.05) is 30.3 Å². The van der Waals surface area contributed by atoms with Crippen LogP contribution >= 0.6 is 11.8 Å². The molecule has 1 heterocycles. The lowest BCUT2D eigenvalue weighted by Crippen LogP contribution is -2.10. The second kappa shape index (κ2) is 6.20. The molecule has 0 fully saturated rings. The van der Waals surface area contributed by atoms with Gasteiger partial charge in [0.25, 0.3) is 0 Å². The van der Waals surface area contributed by atoms with Crippen molar-refractivity contribution in [2.45, 2.75) is 0 Å². The second-order valence-corrected chi connectivity index (χ2v) is 4.61. The Morgan fingerprint density at radius 2 is 1.94 bits per heavy atom. The number of nitrogen functional groups attached to an aromatic ring is 1. The van der Waals surface area contributed by atoms with Crippen molar-refractivity contribution < 1.29 is 0 Å². The van der Waals surface area contributed by atoms with Gasteiger partial charge in [-0.15, -0.1) is 0 Å². The molecular weight excluding hydrogens is 246 g/mol. The molecule has 0 unspecified atom stereocenters. The minimum atomic E-state index is 0.232. The van der Waals surface area contributed by atoms with Gasteiger partial charge in [0.15, 0.2) is 5.82 Å². The smallest absolute Gasteiger partial charge is 0.228 e. The van der Waals surface area contributed by atoms with Gasteiger partial charge < -0.3 is 11.1 Å². The highest BCUT2D eigenvalue weighted by atomic mass is 32.2. The molecule has 94 valence electrons. The Balaban J connectivity index is 2.21. The second-order valence-electron chi connectivity index (χ2n) is 3.63. The van der Waals surface area contributed by atoms with Crippen LogP contribution in [0.3, 0.4) is 0 Å². The van der Waals surface area contributed by atoms with Crippen LogP contribution in [0, 0.1) is 0 Å². The van der Waals surface area contributed by atoms with E-state index in [0.717, 1.165) is 17.9 Å². The monoisotopic (exact) mass is 261 g/mol. The molecule has 6 heteroatoms. The molecule has 0 saturated heterocycles. The number of rotatable bonds is 5. The third-order valence-electron chi connectivity index (χ3n) is 2.27. The molecule has 0 aliphatic heterocycles. The normalized spacial score (nSPS) is 10.3. The van der Waals surface area contributed by atoms with Gasteiger partial charge in [0, 0.05) is 17.9 Å². The topological polar surface area (TPSA) is 76.7 Å². The molecule has 0 radical (unpaired) electrons. The molecule has 2 rings (SSSR count). The number of nitrogens with one attached hydrogen (secondary N) is 1. The van der Waals surface area contributed by atoms with Gasteiger partial charge in [-0.25, -0.2) is 0 Å². The number of anilines is 2. The van der Waals surface area contributed by atoms with Crippen LogP contribution in [-0.2, 0) is 0 Å². The number of nitrogens with two attached hydrogens (primary N) is 1. The fourth-order valence-electron chi connectivity index (χ4n) is 1.45. The fourth-order valence-corrected chi connectivity index (χ4v) is 1.76. The van der Waals surface area contributed by atoms with E-state index in [-0.39, 0.29) is 5.95 Å². The van der Waals surface area contributed by atoms with Gasteiger partial charge in [-0.3, -0.25) is 0 Å². The number of nitrogens with zero attached hydrogens (tertiary/aromatic N) is 3. The molecule has 1 aromatic carbocycles. The zero-order valence-electron chi connectivity index (χ0n) is 10.1. The van der Waals surface area contributed by atoms with Crippen LogP contribution in [0.15, 0.2) is 30.3 Å². The summed E-state index contributed by atoms with van der Waals surface area (Å²) in [6.45, 7) is 0.804. The minimum Gasteiger partial charge on any atom is -0.368 e. The molecular formula is C12H15N5S. The molecule has 0 saturated carbocycles. The van der Waals surface area contributed by atoms with Crippen molar-refractivity contribution in [3.63, 3.8) is 0 Å². The van der Waals surface area contributed by atoms with Gasteiger partial charge in [0.1, 0.15) is 0 Å². The third kappa shape index (κ3) is 3.33. The average Bonchev–Trinajstić information content (AvgIpc) is 2.39. The van der Waals surface area contributed by atoms with Crippen molar-refractivity contribution in [2.24, 2.45) is 0 Å². The first-order valence-electron chi connectivity index (χ1n) is 5.59. The number of hydrogen-bond acceptors (Lipinski definition) is 6. The maximum Gasteiger partial charge on any atom is 0.228 e. The first-order chi connectivity index (χ1) is 8.79. The standard InChI is InChI=1S/C12H15N5S/c1-18-8-7-14-12-16-10(15-11(13)17-12)9-5-3-2-4-6-9/h2-6H,7-8H2,1H3,(H3,13,14,15,16,17). The quantitative estimate of drug-likeness (QED) is 0.800. The van der Waals surface area contributed by atoms with E-state index in [9.17, 15) is 0 Å². The van der Waals surface area contributed by atoms with E-state index < -0.39 is 0 Å². The number of benzene rings is 1. The van der Waals surface area contributed by atoms with Gasteiger partial charge in [-0.05, 0) is 6.26 Å². The van der Waals surface area contributed by atoms with E-state index in [0.29, 0.717) is 11.8 Å². The van der Waals surface area contributed by atoms with Crippen molar-refractivity contribution in [3.05, 3.63) is 30.3 Å². The van der Waals surface area contributed by atoms with E-state index >= 15 is 0 Å². The predicted molar refractivity (Wildman–Crippen MR) is 76.5 cm³/mol. The van der Waals surface area contributed by atoms with Crippen LogP contribution in [0.5, 0.6) is 0 Å². The molecule has 0 bridgehead atoms. The SMILES string of the molecule is CSCCNc1nc(N)nc(-c2ccccc2)n1. The van der Waals surface area contributed by atoms with Gasteiger partial charge in [0.05, 0.1) is 0 Å². The van der Waals surface area contributed by atoms with E-state index in [2.05, 4.69) is 26.5 Å². The largest absolute Gasteiger partial charge is 0.368 e. The molecule has 0 amide bonds. The van der Waals surface area contributed by atoms with Crippen molar-refractivity contribution in [2.75, 3.05) is 29.6 Å². The maximum absolute atomic E-state index is 5.69. The molecule has 0 atom stereocenters. The van der Waals surface area contributed by atoms with E-state index in [1.54, 1.807) is 11.8 Å². The molecule has 5 nitrogen and oxygen atoms in total. The summed E-state index contributed by atoms with van der Waals surface area (Å²) in [4.78, 5) is 12.6. The van der Waals surface area contributed by atoms with Crippen LogP contribution in [0.25, 0.3) is 11.4 Å². The number of hydrogen-bond donors (Lipinski definition) is 2. The highest BCUT2D eigenvalue weighted by molar-refractivity contribution is 7.98. The summed E-state index contributed by atoms with van der Waals surface area (Å²) in [5.74, 6) is 2.34. The summed E-state index contributed by atoms with van der Waals surface area (Å²) in [5, 5.41) is 3.13. The van der Waals surface area contributed by atoms with Crippen LogP contribution in [0.1, 0.15) is 0 Å². The Bertz CT molecular complexity index is 503. The van der Waals surface area contributed by atoms with Crippen LogP contribution in [0.2, 0.25) is 0 Å². The molecule has 2 aromatic rings. The van der Waals surface area contributed by atoms with Gasteiger partial charge in [-0.1, -0.05) is 30.3 Å². The Morgan fingerprint density at radius 3 is 2.67 bits per heavy atom. The highest BCUT2D eigenvalue weighted by Gasteiger charge is 2.05. The fraction of sp³-hybridized carbons (Fsp3) is 0.250. The third-order valence-corrected chi connectivity index (χ3v) is 2.89. The van der Waals surface area contributed by atoms with Crippen molar-refractivity contribution >= 4 is 23.7 Å². The zero-order valence-corrected chi connectivity index (χ0v) is 10.9. The summed E-state index contributed by atoms with van der Waals surface area (Å²) >= 11 is 1.76. The summed E-state index contributed by atoms with van der Waals surface area (Å²) < 4.78 is 0. The zero-order chi connectivity index (χ0) is 12.8. The average molecular weight is 261 g/mol. The molecule has 18 heavy (non-hydrogen) atoms. The lowest BCUT2D eigenvalue weighted by molar-refractivity contribution is 1.04. The van der Waals surface area contributed by atoms with Crippen LogP contribution in [0.4, 0.5) is 11.9 Å². The lowest BCUT2D eigenvalue weighted by Gasteiger charge is -2.06. The Hall–Kier alpha value is -1.82. The van der Waals surface area contributed by atoms with Gasteiger partial charge in [-0.2, -0.15) is 26.7 Å². The lowest BCUT2D eigenvalue weighted by atomic mass is 10.2. The summed E-state index contributed by atoms with van der Waals surface area (Å²) in [6.07, 6.45) is 2.05. The number of aromatic nitrogens is 3. The molecule has 0 aliphatic carbocycles. The highest BCUT2D eigenvalue weighted by Crippen LogP contribution is 2.16. The molecule has 0 aliphatic rings. The van der Waals surface area contributed by atoms with Crippen molar-refractivity contribution in [3.8, 4) is 11.4 Å². The van der Waals surface area contributed by atoms with Crippen molar-refractivity contribution in [1.82, 2.24) is 15.0 Å². The van der Waals surface area contributed by atoms with E-state index in [1.165, 1.54) is 0 Å². The summed E-state index contributed by atoms with van der Waals surface area (Å²) in [5.41, 5.74) is 6.62. The van der Waals surface area contributed by atoms with Crippen LogP contribution < -0.4 is 11.1 Å². The first-order valence-corrected chi connectivity index (χ1v) is 6.99. The predicted octanol–water partition coefficient (Wildman–Crippen LogP) is 1.90. The molecule has 1 aromatic heterocycles. The number of thioether (sulfide) groups is 1. The van der Waals surface area contributed by atoms with Crippen LogP contribution in [-0.4, -0.2) is 33.5 Å². The maximum atomic E-state index is 5.69. The molecule has 3 N–H and O–H groups in total. The Kier molecular flexibility index (Phi) is 4.35. The van der Waals surface area contributed by atoms with Crippen molar-refractivity contribution in [1.29, 1.82) is 0 Å². The summed E-state index contributed by atoms with van der Waals surface area (Å²) in [6, 6.07) is 9.72.